The number of alkyl halides is 3. The molecule has 1 aliphatic heterocycles. The van der Waals surface area contributed by atoms with Gasteiger partial charge in [0.15, 0.2) is 5.54 Å². The SMILES string of the molecule is CCCCCCC1(C(F)(F)F)N=CC(=O)Nc2ccc(Cl)cc21. The Labute approximate surface area is 137 Å². The van der Waals surface area contributed by atoms with Gasteiger partial charge < -0.3 is 5.32 Å². The number of hydrogen-bond donors (Lipinski definition) is 1. The van der Waals surface area contributed by atoms with E-state index >= 15 is 0 Å². The molecule has 3 nitrogen and oxygen atoms in total. The Balaban J connectivity index is 2.52. The first-order valence-corrected chi connectivity index (χ1v) is 7.91. The maximum Gasteiger partial charge on any atom is 0.417 e. The summed E-state index contributed by atoms with van der Waals surface area (Å²) < 4.78 is 41.8. The van der Waals surface area contributed by atoms with E-state index in [4.69, 9.17) is 11.6 Å². The van der Waals surface area contributed by atoms with E-state index < -0.39 is 17.6 Å². The van der Waals surface area contributed by atoms with Crippen LogP contribution in [0.25, 0.3) is 0 Å². The normalized spacial score (nSPS) is 20.8. The van der Waals surface area contributed by atoms with Crippen molar-refractivity contribution in [1.29, 1.82) is 0 Å². The van der Waals surface area contributed by atoms with Gasteiger partial charge in [-0.3, -0.25) is 9.79 Å². The second kappa shape index (κ2) is 6.91. The largest absolute Gasteiger partial charge is 0.417 e. The van der Waals surface area contributed by atoms with Crippen LogP contribution in [0, 0.1) is 0 Å². The second-order valence-corrected chi connectivity index (χ2v) is 6.04. The molecule has 0 saturated carbocycles. The van der Waals surface area contributed by atoms with Crippen molar-refractivity contribution >= 4 is 29.4 Å². The highest BCUT2D eigenvalue weighted by atomic mass is 35.5. The van der Waals surface area contributed by atoms with E-state index in [1.54, 1.807) is 0 Å². The van der Waals surface area contributed by atoms with Crippen LogP contribution in [0.1, 0.15) is 44.6 Å². The van der Waals surface area contributed by atoms with E-state index in [1.165, 1.54) is 18.2 Å². The topological polar surface area (TPSA) is 41.5 Å². The highest BCUT2D eigenvalue weighted by molar-refractivity contribution is 6.33. The van der Waals surface area contributed by atoms with Crippen molar-refractivity contribution < 1.29 is 18.0 Å². The first-order chi connectivity index (χ1) is 10.8. The molecule has 2 rings (SSSR count). The van der Waals surface area contributed by atoms with Gasteiger partial charge in [-0.1, -0.05) is 44.2 Å². The third-order valence-electron chi connectivity index (χ3n) is 3.95. The Morgan fingerprint density at radius 1 is 1.26 bits per heavy atom. The van der Waals surface area contributed by atoms with Crippen molar-refractivity contribution in [1.82, 2.24) is 0 Å². The molecule has 1 amide bonds. The van der Waals surface area contributed by atoms with E-state index in [0.717, 1.165) is 19.1 Å². The Kier molecular flexibility index (Phi) is 5.34. The van der Waals surface area contributed by atoms with Gasteiger partial charge in [0.25, 0.3) is 5.91 Å². The molecule has 0 bridgehead atoms. The molecule has 0 spiro atoms. The molecule has 1 aromatic rings. The van der Waals surface area contributed by atoms with Gasteiger partial charge in [0, 0.05) is 16.3 Å². The fourth-order valence-corrected chi connectivity index (χ4v) is 2.92. The number of carbonyl (C=O) groups excluding carboxylic acids is 1. The van der Waals surface area contributed by atoms with Gasteiger partial charge in [-0.25, -0.2) is 0 Å². The molecular weight excluding hydrogens is 329 g/mol. The summed E-state index contributed by atoms with van der Waals surface area (Å²) in [6, 6.07) is 4.08. The molecule has 1 heterocycles. The monoisotopic (exact) mass is 346 g/mol. The van der Waals surface area contributed by atoms with Crippen LogP contribution >= 0.6 is 11.6 Å². The molecule has 1 atom stereocenters. The lowest BCUT2D eigenvalue weighted by atomic mass is 9.83. The lowest BCUT2D eigenvalue weighted by Gasteiger charge is -2.33. The van der Waals surface area contributed by atoms with Crippen LogP contribution in [0.5, 0.6) is 0 Å². The minimum atomic E-state index is -4.62. The predicted octanol–water partition coefficient (Wildman–Crippen LogP) is 5.09. The number of nitrogens with one attached hydrogen (secondary N) is 1. The number of nitrogens with zero attached hydrogens (tertiary/aromatic N) is 1. The van der Waals surface area contributed by atoms with E-state index in [2.05, 4.69) is 10.3 Å². The summed E-state index contributed by atoms with van der Waals surface area (Å²) in [5.41, 5.74) is -2.44. The molecule has 0 saturated heterocycles. The average molecular weight is 347 g/mol. The van der Waals surface area contributed by atoms with Crippen molar-refractivity contribution in [3.8, 4) is 0 Å². The van der Waals surface area contributed by atoms with Gasteiger partial charge >= 0.3 is 6.18 Å². The summed E-state index contributed by atoms with van der Waals surface area (Å²) in [6.07, 6.45) is -1.29. The Morgan fingerprint density at radius 2 is 2.00 bits per heavy atom. The second-order valence-electron chi connectivity index (χ2n) is 5.61. The molecule has 1 aliphatic rings. The van der Waals surface area contributed by atoms with E-state index in [1.807, 2.05) is 6.92 Å². The first-order valence-electron chi connectivity index (χ1n) is 7.53. The third-order valence-corrected chi connectivity index (χ3v) is 4.18. The number of carbonyl (C=O) groups is 1. The number of benzene rings is 1. The minimum absolute atomic E-state index is 0.101. The lowest BCUT2D eigenvalue weighted by Crippen LogP contribution is -2.41. The van der Waals surface area contributed by atoms with Crippen LogP contribution in [0.15, 0.2) is 23.2 Å². The predicted molar refractivity (Wildman–Crippen MR) is 85.1 cm³/mol. The van der Waals surface area contributed by atoms with Gasteiger partial charge in [-0.2, -0.15) is 13.2 Å². The summed E-state index contributed by atoms with van der Waals surface area (Å²) in [5, 5.41) is 2.61. The van der Waals surface area contributed by atoms with Crippen molar-refractivity contribution in [3.63, 3.8) is 0 Å². The molecule has 7 heteroatoms. The molecule has 0 aliphatic carbocycles. The summed E-state index contributed by atoms with van der Waals surface area (Å²) in [6.45, 7) is 1.99. The van der Waals surface area contributed by atoms with E-state index in [9.17, 15) is 18.0 Å². The molecule has 0 fully saturated rings. The summed E-state index contributed by atoms with van der Waals surface area (Å²) in [7, 11) is 0. The van der Waals surface area contributed by atoms with Crippen LogP contribution in [-0.2, 0) is 10.3 Å². The van der Waals surface area contributed by atoms with Gasteiger partial charge in [-0.15, -0.1) is 0 Å². The number of halogens is 4. The zero-order chi connectivity index (χ0) is 17.1. The van der Waals surface area contributed by atoms with Crippen molar-refractivity contribution in [2.24, 2.45) is 4.99 Å². The third kappa shape index (κ3) is 3.68. The van der Waals surface area contributed by atoms with Crippen LogP contribution < -0.4 is 5.32 Å². The minimum Gasteiger partial charge on any atom is -0.321 e. The fourth-order valence-electron chi connectivity index (χ4n) is 2.75. The van der Waals surface area contributed by atoms with Gasteiger partial charge in [0.1, 0.15) is 0 Å². The van der Waals surface area contributed by atoms with Crippen LogP contribution in [0.2, 0.25) is 5.02 Å². The molecule has 23 heavy (non-hydrogen) atoms. The van der Waals surface area contributed by atoms with Crippen molar-refractivity contribution in [2.75, 3.05) is 5.32 Å². The molecule has 126 valence electrons. The Morgan fingerprint density at radius 3 is 2.65 bits per heavy atom. The lowest BCUT2D eigenvalue weighted by molar-refractivity contribution is -0.190. The van der Waals surface area contributed by atoms with E-state index in [0.29, 0.717) is 12.8 Å². The average Bonchev–Trinajstić information content (AvgIpc) is 2.61. The van der Waals surface area contributed by atoms with Crippen LogP contribution in [0.3, 0.4) is 0 Å². The van der Waals surface area contributed by atoms with Crippen LogP contribution in [-0.4, -0.2) is 18.3 Å². The zero-order valence-corrected chi connectivity index (χ0v) is 13.5. The number of anilines is 1. The Bertz CT molecular complexity index is 616. The molecule has 1 aromatic carbocycles. The summed E-state index contributed by atoms with van der Waals surface area (Å²) in [4.78, 5) is 15.3. The van der Waals surface area contributed by atoms with Gasteiger partial charge in [0.05, 0.1) is 6.21 Å². The number of amides is 1. The van der Waals surface area contributed by atoms with Gasteiger partial charge in [-0.05, 0) is 24.6 Å². The molecular formula is C16H18ClF3N2O. The maximum absolute atomic E-state index is 13.9. The number of unbranched alkanes of at least 4 members (excludes halogenated alkanes) is 3. The number of rotatable bonds is 5. The maximum atomic E-state index is 13.9. The standard InChI is InChI=1S/C16H18ClF3N2O/c1-2-3-4-5-8-15(16(18,19)20)12-9-11(17)6-7-13(12)22-14(23)10-21-15/h6-7,9-10H,2-5,8H2,1H3,(H,22,23). The Hall–Kier alpha value is -1.56. The molecule has 1 N–H and O–H groups in total. The highest BCUT2D eigenvalue weighted by Gasteiger charge is 2.57. The smallest absolute Gasteiger partial charge is 0.321 e. The number of aliphatic imine (C=N–C) groups is 1. The summed E-state index contributed by atoms with van der Waals surface area (Å²) >= 11 is 5.90. The first kappa shape index (κ1) is 17.8. The molecule has 0 aromatic heterocycles. The van der Waals surface area contributed by atoms with Crippen molar-refractivity contribution in [3.05, 3.63) is 28.8 Å². The molecule has 0 radical (unpaired) electrons. The van der Waals surface area contributed by atoms with Crippen LogP contribution in [0.4, 0.5) is 18.9 Å². The van der Waals surface area contributed by atoms with E-state index in [-0.39, 0.29) is 22.7 Å². The molecule has 1 unspecified atom stereocenters. The summed E-state index contributed by atoms with van der Waals surface area (Å²) in [5.74, 6) is -0.673. The van der Waals surface area contributed by atoms with Gasteiger partial charge in [0.2, 0.25) is 0 Å². The fraction of sp³-hybridized carbons (Fsp3) is 0.500. The zero-order valence-electron chi connectivity index (χ0n) is 12.7. The van der Waals surface area contributed by atoms with Crippen molar-refractivity contribution in [2.45, 2.75) is 50.7 Å². The number of fused-ring (bicyclic) bond motifs is 1. The highest BCUT2D eigenvalue weighted by Crippen LogP contribution is 2.49. The quantitative estimate of drug-likeness (QED) is 0.741. The number of hydrogen-bond acceptors (Lipinski definition) is 2.